The van der Waals surface area contributed by atoms with E-state index in [1.54, 1.807) is 5.98 Å². The van der Waals surface area contributed by atoms with Crippen LogP contribution in [0.1, 0.15) is 26.2 Å². The van der Waals surface area contributed by atoms with E-state index in [0.29, 0.717) is 0 Å². The average molecular weight is 110 g/mol. The Hall–Kier alpha value is -0.395. The molecule has 0 rings (SSSR count). The normalized spacial score (nSPS) is 9.62. The first-order valence-electron chi connectivity index (χ1n) is 3.02. The summed E-state index contributed by atoms with van der Waals surface area (Å²) in [6.07, 6.45) is 5.32. The molecular weight excluding hydrogens is 98.9 g/mol. The van der Waals surface area contributed by atoms with E-state index in [2.05, 4.69) is 6.92 Å². The molecule has 0 heterocycles. The van der Waals surface area contributed by atoms with Gasteiger partial charge >= 0.3 is 50.1 Å². The van der Waals surface area contributed by atoms with Crippen LogP contribution in [0.2, 0.25) is 0 Å². The van der Waals surface area contributed by atoms with Gasteiger partial charge in [0.1, 0.15) is 0 Å². The first-order valence-corrected chi connectivity index (χ1v) is 3.02. The molecule has 0 atom stereocenters. The van der Waals surface area contributed by atoms with Crippen LogP contribution in [0.3, 0.4) is 0 Å². The third-order valence-corrected chi connectivity index (χ3v) is 0.939. The van der Waals surface area contributed by atoms with Crippen LogP contribution in [-0.2, 0) is 4.70 Å². The van der Waals surface area contributed by atoms with Crippen LogP contribution in [0.15, 0.2) is 12.1 Å². The predicted molar refractivity (Wildman–Crippen MR) is 35.1 cm³/mol. The van der Waals surface area contributed by atoms with Gasteiger partial charge in [0.15, 0.2) is 0 Å². The summed E-state index contributed by atoms with van der Waals surface area (Å²) in [5.74, 6) is 1.55. The molecule has 0 aromatic rings. The fourth-order valence-electron chi connectivity index (χ4n) is 0.474. The van der Waals surface area contributed by atoms with Crippen molar-refractivity contribution in [3.63, 3.8) is 0 Å². The van der Waals surface area contributed by atoms with E-state index >= 15 is 0 Å². The van der Waals surface area contributed by atoms with E-state index in [-0.39, 0.29) is 0 Å². The van der Waals surface area contributed by atoms with Gasteiger partial charge in [-0.25, -0.2) is 0 Å². The van der Waals surface area contributed by atoms with Gasteiger partial charge in [-0.3, -0.25) is 0 Å². The van der Waals surface area contributed by atoms with Crippen LogP contribution in [0.5, 0.6) is 0 Å². The van der Waals surface area contributed by atoms with E-state index in [1.807, 2.05) is 6.08 Å². The molecule has 44 valence electrons. The van der Waals surface area contributed by atoms with Gasteiger partial charge in [-0.15, -0.1) is 0 Å². The third-order valence-electron chi connectivity index (χ3n) is 0.939. The van der Waals surface area contributed by atoms with Crippen molar-refractivity contribution in [3.05, 3.63) is 12.1 Å². The van der Waals surface area contributed by atoms with E-state index < -0.39 is 0 Å². The zero-order valence-electron chi connectivity index (χ0n) is 5.26. The summed E-state index contributed by atoms with van der Waals surface area (Å²) in [6, 6.07) is 0. The van der Waals surface area contributed by atoms with Gasteiger partial charge in [-0.2, -0.15) is 0 Å². The molecule has 0 fully saturated rings. The number of allylic oxidation sites excluding steroid dienone is 1. The molecule has 0 aliphatic carbocycles. The van der Waals surface area contributed by atoms with Gasteiger partial charge in [0, 0.05) is 0 Å². The summed E-state index contributed by atoms with van der Waals surface area (Å²) in [7, 11) is 0.815. The average Bonchev–Trinajstić information content (AvgIpc) is 1.81. The van der Waals surface area contributed by atoms with E-state index in [9.17, 15) is 4.70 Å². The van der Waals surface area contributed by atoms with Crippen molar-refractivity contribution in [2.45, 2.75) is 26.2 Å². The monoisotopic (exact) mass is 110 g/mol. The molecule has 0 saturated carbocycles. The molecule has 0 saturated heterocycles. The molecule has 0 radical (unpaired) electrons. The Bertz CT molecular complexity index is 78.6. The van der Waals surface area contributed by atoms with Crippen LogP contribution in [0, 0.1) is 0 Å². The molecule has 0 aliphatic heterocycles. The molecule has 0 unspecified atom stereocenters. The van der Waals surface area contributed by atoms with Crippen molar-refractivity contribution in [1.29, 1.82) is 0 Å². The molecule has 0 spiro atoms. The Morgan fingerprint density at radius 3 is 2.88 bits per heavy atom. The van der Waals surface area contributed by atoms with Crippen LogP contribution in [0.25, 0.3) is 0 Å². The SMILES string of the molecule is CCCC/C=C/B=O. The summed E-state index contributed by atoms with van der Waals surface area (Å²) < 4.78 is 9.68. The molecule has 0 aromatic carbocycles. The Balaban J connectivity index is 2.91. The second kappa shape index (κ2) is 6.60. The summed E-state index contributed by atoms with van der Waals surface area (Å²) >= 11 is 0. The van der Waals surface area contributed by atoms with Crippen molar-refractivity contribution in [1.82, 2.24) is 0 Å². The maximum absolute atomic E-state index is 9.68. The Morgan fingerprint density at radius 1 is 1.62 bits per heavy atom. The topological polar surface area (TPSA) is 17.1 Å². The van der Waals surface area contributed by atoms with Crippen molar-refractivity contribution in [2.75, 3.05) is 0 Å². The quantitative estimate of drug-likeness (QED) is 0.397. The Labute approximate surface area is 51.0 Å². The van der Waals surface area contributed by atoms with Gasteiger partial charge < -0.3 is 0 Å². The van der Waals surface area contributed by atoms with Crippen LogP contribution in [0.4, 0.5) is 0 Å². The van der Waals surface area contributed by atoms with E-state index in [4.69, 9.17) is 0 Å². The number of hydrogen-bond acceptors (Lipinski definition) is 1. The summed E-state index contributed by atoms with van der Waals surface area (Å²) in [5.41, 5.74) is 0. The molecule has 2 heteroatoms. The van der Waals surface area contributed by atoms with Gasteiger partial charge in [0.25, 0.3) is 0 Å². The maximum atomic E-state index is 9.68. The standard InChI is InChI=1S/C6H11BO/c1-2-3-4-5-6-7-8/h5-6H,2-4H2,1H3/b6-5+. The number of rotatable bonds is 4. The molecular formula is C6H11BO. The third kappa shape index (κ3) is 5.60. The van der Waals surface area contributed by atoms with Crippen molar-refractivity contribution in [2.24, 2.45) is 0 Å². The first kappa shape index (κ1) is 7.60. The molecule has 0 aromatic heterocycles. The van der Waals surface area contributed by atoms with Crippen molar-refractivity contribution < 1.29 is 4.70 Å². The van der Waals surface area contributed by atoms with E-state index in [1.165, 1.54) is 12.8 Å². The molecule has 0 amide bonds. The Morgan fingerprint density at radius 2 is 2.38 bits per heavy atom. The number of unbranched alkanes of at least 4 members (excludes halogenated alkanes) is 2. The zero-order valence-corrected chi connectivity index (χ0v) is 5.26. The van der Waals surface area contributed by atoms with Crippen molar-refractivity contribution >= 4 is 7.15 Å². The minimum atomic E-state index is 0.815. The van der Waals surface area contributed by atoms with Crippen molar-refractivity contribution in [3.8, 4) is 0 Å². The molecule has 0 bridgehead atoms. The number of hydrogen-bond donors (Lipinski definition) is 0. The Kier molecular flexibility index (Phi) is 6.28. The molecule has 8 heavy (non-hydrogen) atoms. The van der Waals surface area contributed by atoms with Gasteiger partial charge in [0.2, 0.25) is 0 Å². The van der Waals surface area contributed by atoms with Crippen LogP contribution < -0.4 is 0 Å². The first-order chi connectivity index (χ1) is 3.91. The van der Waals surface area contributed by atoms with Gasteiger partial charge in [0.05, 0.1) is 0 Å². The molecule has 0 N–H and O–H groups in total. The fraction of sp³-hybridized carbons (Fsp3) is 0.667. The summed E-state index contributed by atoms with van der Waals surface area (Å²) in [5, 5.41) is 0. The molecule has 0 aliphatic rings. The second-order valence-electron chi connectivity index (χ2n) is 1.71. The van der Waals surface area contributed by atoms with E-state index in [0.717, 1.165) is 13.6 Å². The second-order valence-corrected chi connectivity index (χ2v) is 1.71. The van der Waals surface area contributed by atoms with Crippen LogP contribution >= 0.6 is 0 Å². The molecule has 1 nitrogen and oxygen atoms in total. The van der Waals surface area contributed by atoms with Gasteiger partial charge in [-0.05, 0) is 0 Å². The summed E-state index contributed by atoms with van der Waals surface area (Å²) in [6.45, 7) is 2.13. The van der Waals surface area contributed by atoms with Crippen LogP contribution in [-0.4, -0.2) is 7.15 Å². The zero-order chi connectivity index (χ0) is 6.24. The minimum absolute atomic E-state index is 0.815. The summed E-state index contributed by atoms with van der Waals surface area (Å²) in [4.78, 5) is 0. The predicted octanol–water partition coefficient (Wildman–Crippen LogP) is 1.74. The fourth-order valence-corrected chi connectivity index (χ4v) is 0.474. The van der Waals surface area contributed by atoms with Gasteiger partial charge in [-0.1, -0.05) is 0 Å².